The van der Waals surface area contributed by atoms with Crippen molar-refractivity contribution in [2.24, 2.45) is 0 Å². The van der Waals surface area contributed by atoms with Crippen LogP contribution in [0.25, 0.3) is 0 Å². The fourth-order valence-corrected chi connectivity index (χ4v) is 4.74. The van der Waals surface area contributed by atoms with E-state index < -0.39 is 17.6 Å². The first-order valence-electron chi connectivity index (χ1n) is 12.4. The molecule has 0 spiro atoms. The van der Waals surface area contributed by atoms with E-state index >= 15 is 0 Å². The number of carbonyl (C=O) groups is 1. The molecule has 2 aromatic heterocycles. The lowest BCUT2D eigenvalue weighted by Crippen LogP contribution is -2.47. The summed E-state index contributed by atoms with van der Waals surface area (Å²) < 4.78 is 39.2. The summed E-state index contributed by atoms with van der Waals surface area (Å²) in [7, 11) is 1.95. The zero-order valence-corrected chi connectivity index (χ0v) is 21.8. The van der Waals surface area contributed by atoms with Crippen LogP contribution in [-0.2, 0) is 17.5 Å². The van der Waals surface area contributed by atoms with Crippen molar-refractivity contribution in [3.63, 3.8) is 0 Å². The Balaban J connectivity index is 1.27. The maximum absolute atomic E-state index is 13.1. The van der Waals surface area contributed by atoms with Gasteiger partial charge in [-0.1, -0.05) is 23.8 Å². The van der Waals surface area contributed by atoms with E-state index in [1.165, 1.54) is 12.1 Å². The van der Waals surface area contributed by atoms with Gasteiger partial charge in [-0.2, -0.15) is 18.2 Å². The molecule has 3 aromatic rings. The number of hydrogen-bond donors (Lipinski definition) is 2. The van der Waals surface area contributed by atoms with E-state index in [4.69, 9.17) is 4.98 Å². The lowest BCUT2D eigenvalue weighted by atomic mass is 9.91. The maximum Gasteiger partial charge on any atom is 0.416 e. The number of rotatable bonds is 5. The number of alkyl halides is 3. The van der Waals surface area contributed by atoms with Gasteiger partial charge in [-0.25, -0.2) is 4.98 Å². The van der Waals surface area contributed by atoms with Crippen LogP contribution in [0.2, 0.25) is 0 Å². The lowest BCUT2D eigenvalue weighted by Gasteiger charge is -2.41. The Hall–Kier alpha value is -4.25. The molecule has 0 fully saturated rings. The van der Waals surface area contributed by atoms with E-state index in [0.29, 0.717) is 31.2 Å². The molecule has 1 amide bonds. The van der Waals surface area contributed by atoms with Gasteiger partial charge in [-0.15, -0.1) is 0 Å². The van der Waals surface area contributed by atoms with Gasteiger partial charge in [0.1, 0.15) is 5.82 Å². The van der Waals surface area contributed by atoms with Gasteiger partial charge in [0.2, 0.25) is 5.95 Å². The summed E-state index contributed by atoms with van der Waals surface area (Å²) in [6.45, 7) is 5.10. The Morgan fingerprint density at radius 2 is 1.87 bits per heavy atom. The van der Waals surface area contributed by atoms with E-state index in [2.05, 4.69) is 25.5 Å². The van der Waals surface area contributed by atoms with E-state index in [0.717, 1.165) is 40.5 Å². The molecule has 1 atom stereocenters. The predicted molar refractivity (Wildman–Crippen MR) is 143 cm³/mol. The molecular formula is C28H28F3N7O. The maximum atomic E-state index is 13.1. The summed E-state index contributed by atoms with van der Waals surface area (Å²) >= 11 is 0. The summed E-state index contributed by atoms with van der Waals surface area (Å²) in [5, 5.41) is 5.80. The zero-order chi connectivity index (χ0) is 27.7. The summed E-state index contributed by atoms with van der Waals surface area (Å²) in [6, 6.07) is 8.41. The highest BCUT2D eigenvalue weighted by molar-refractivity contribution is 6.04. The molecular weight excluding hydrogens is 507 g/mol. The summed E-state index contributed by atoms with van der Waals surface area (Å²) in [4.78, 5) is 30.7. The molecule has 39 heavy (non-hydrogen) atoms. The Morgan fingerprint density at radius 1 is 1.05 bits per heavy atom. The van der Waals surface area contributed by atoms with Crippen molar-refractivity contribution in [3.05, 3.63) is 88.9 Å². The number of anilines is 4. The number of carbonyl (C=O) groups excluding carboxylic acids is 1. The van der Waals surface area contributed by atoms with E-state index in [9.17, 15) is 18.0 Å². The van der Waals surface area contributed by atoms with Crippen LogP contribution >= 0.6 is 0 Å². The van der Waals surface area contributed by atoms with Crippen molar-refractivity contribution in [2.75, 3.05) is 29.2 Å². The van der Waals surface area contributed by atoms with Crippen molar-refractivity contribution >= 4 is 29.0 Å². The second-order valence-corrected chi connectivity index (χ2v) is 9.80. The second kappa shape index (κ2) is 10.5. The molecule has 1 unspecified atom stereocenters. The number of benzene rings is 1. The monoisotopic (exact) mass is 535 g/mol. The Kier molecular flexibility index (Phi) is 7.09. The molecule has 2 N–H and O–H groups in total. The topological polar surface area (TPSA) is 86.3 Å². The third kappa shape index (κ3) is 5.93. The first-order chi connectivity index (χ1) is 18.6. The number of aryl methyl sites for hydroxylation is 1. The summed E-state index contributed by atoms with van der Waals surface area (Å²) in [6.07, 6.45) is 3.10. The minimum atomic E-state index is -4.48. The number of halogens is 3. The van der Waals surface area contributed by atoms with Gasteiger partial charge in [-0.05, 0) is 50.6 Å². The minimum absolute atomic E-state index is 0.0655. The molecule has 11 heteroatoms. The largest absolute Gasteiger partial charge is 0.416 e. The Bertz CT molecular complexity index is 1450. The average Bonchev–Trinajstić information content (AvgIpc) is 2.90. The minimum Gasteiger partial charge on any atom is -0.346 e. The molecule has 3 heterocycles. The number of nitrogens with one attached hydrogen (secondary N) is 2. The first kappa shape index (κ1) is 26.4. The number of nitrogens with zero attached hydrogens (tertiary/aromatic N) is 5. The molecule has 0 saturated heterocycles. The van der Waals surface area contributed by atoms with Gasteiger partial charge in [-0.3, -0.25) is 14.7 Å². The Labute approximate surface area is 224 Å². The average molecular weight is 536 g/mol. The van der Waals surface area contributed by atoms with E-state index in [-0.39, 0.29) is 11.7 Å². The highest BCUT2D eigenvalue weighted by Crippen LogP contribution is 2.33. The van der Waals surface area contributed by atoms with Crippen LogP contribution in [0.3, 0.4) is 0 Å². The SMILES string of the molecule is CC1=CC=C(C(=O)Nc2cccc(C(F)(F)F)c2)CC1N1Cc2cnc(Nc3ccc(C)nc3)nc2N(C)C1. The normalized spacial score (nSPS) is 17.7. The highest BCUT2D eigenvalue weighted by Gasteiger charge is 2.32. The molecule has 0 saturated carbocycles. The highest BCUT2D eigenvalue weighted by atomic mass is 19.4. The van der Waals surface area contributed by atoms with Crippen LogP contribution in [0.4, 0.5) is 36.3 Å². The lowest BCUT2D eigenvalue weighted by molar-refractivity contribution is -0.137. The molecule has 202 valence electrons. The zero-order valence-electron chi connectivity index (χ0n) is 21.8. The van der Waals surface area contributed by atoms with Gasteiger partial charge in [0, 0.05) is 48.3 Å². The molecule has 1 aliphatic heterocycles. The first-order valence-corrected chi connectivity index (χ1v) is 12.4. The van der Waals surface area contributed by atoms with Crippen molar-refractivity contribution < 1.29 is 18.0 Å². The summed E-state index contributed by atoms with van der Waals surface area (Å²) in [5.41, 5.74) is 3.56. The van der Waals surface area contributed by atoms with Crippen molar-refractivity contribution in [2.45, 2.75) is 39.0 Å². The predicted octanol–water partition coefficient (Wildman–Crippen LogP) is 5.44. The third-order valence-electron chi connectivity index (χ3n) is 6.80. The number of fused-ring (bicyclic) bond motifs is 1. The fraction of sp³-hybridized carbons (Fsp3) is 0.286. The van der Waals surface area contributed by atoms with Crippen molar-refractivity contribution in [1.82, 2.24) is 19.9 Å². The smallest absolute Gasteiger partial charge is 0.346 e. The van der Waals surface area contributed by atoms with Crippen LogP contribution in [0.5, 0.6) is 0 Å². The van der Waals surface area contributed by atoms with Crippen LogP contribution in [0, 0.1) is 6.92 Å². The molecule has 5 rings (SSSR count). The molecule has 2 aliphatic rings. The molecule has 1 aliphatic carbocycles. The van der Waals surface area contributed by atoms with Gasteiger partial charge in [0.25, 0.3) is 5.91 Å². The molecule has 1 aromatic carbocycles. The standard InChI is InChI=1S/C28H28F3N7O/c1-17-7-9-19(26(39)34-22-6-4-5-21(12-22)28(29,30)31)11-24(17)38-15-20-13-33-27(36-25(20)37(3)16-38)35-23-10-8-18(2)32-14-23/h4-10,12-14,24H,11,15-16H2,1-3H3,(H,34,39)(H,33,35,36). The van der Waals surface area contributed by atoms with Crippen molar-refractivity contribution in [3.8, 4) is 0 Å². The summed E-state index contributed by atoms with van der Waals surface area (Å²) in [5.74, 6) is 0.878. The second-order valence-electron chi connectivity index (χ2n) is 9.80. The number of aromatic nitrogens is 3. The van der Waals surface area contributed by atoms with E-state index in [1.807, 2.05) is 44.0 Å². The molecule has 0 bridgehead atoms. The third-order valence-corrected chi connectivity index (χ3v) is 6.80. The quantitative estimate of drug-likeness (QED) is 0.450. The van der Waals surface area contributed by atoms with Crippen molar-refractivity contribution in [1.29, 1.82) is 0 Å². The number of amides is 1. The van der Waals surface area contributed by atoms with Crippen LogP contribution in [0.15, 0.2) is 72.1 Å². The van der Waals surface area contributed by atoms with Gasteiger partial charge in [0.15, 0.2) is 0 Å². The van der Waals surface area contributed by atoms with Crippen LogP contribution < -0.4 is 15.5 Å². The molecule has 0 radical (unpaired) electrons. The van der Waals surface area contributed by atoms with E-state index in [1.54, 1.807) is 18.5 Å². The molecule has 8 nitrogen and oxygen atoms in total. The fourth-order valence-electron chi connectivity index (χ4n) is 4.74. The Morgan fingerprint density at radius 3 is 2.62 bits per heavy atom. The van der Waals surface area contributed by atoms with Gasteiger partial charge >= 0.3 is 6.18 Å². The number of allylic oxidation sites excluding steroid dienone is 2. The number of hydrogen-bond acceptors (Lipinski definition) is 7. The number of pyridine rings is 1. The van der Waals surface area contributed by atoms with Gasteiger partial charge in [0.05, 0.1) is 24.1 Å². The van der Waals surface area contributed by atoms with Gasteiger partial charge < -0.3 is 15.5 Å². The van der Waals surface area contributed by atoms with Crippen LogP contribution in [0.1, 0.15) is 30.2 Å². The van der Waals surface area contributed by atoms with Crippen LogP contribution in [-0.4, -0.2) is 45.5 Å².